The Kier molecular flexibility index (Phi) is 1.77. The predicted octanol–water partition coefficient (Wildman–Crippen LogP) is 1.84. The number of carboxylic acid groups (broad SMARTS) is 1. The van der Waals surface area contributed by atoms with E-state index in [0.29, 0.717) is 22.8 Å². The van der Waals surface area contributed by atoms with Crippen molar-refractivity contribution in [1.82, 2.24) is 15.0 Å². The average Bonchev–Trinajstić information content (AvgIpc) is 3.03. The zero-order valence-electron chi connectivity index (χ0n) is 8.82. The van der Waals surface area contributed by atoms with Gasteiger partial charge in [-0.25, -0.2) is 14.8 Å². The molecule has 2 aromatic rings. The van der Waals surface area contributed by atoms with E-state index < -0.39 is 5.97 Å². The summed E-state index contributed by atoms with van der Waals surface area (Å²) in [5, 5.41) is 9.77. The molecular formula is C11H11N3O2. The molecule has 0 atom stereocenters. The summed E-state index contributed by atoms with van der Waals surface area (Å²) in [6, 6.07) is 0. The third kappa shape index (κ3) is 1.28. The van der Waals surface area contributed by atoms with Crippen LogP contribution in [0.25, 0.3) is 11.0 Å². The molecule has 2 N–H and O–H groups in total. The second kappa shape index (κ2) is 3.04. The standard InChI is InChI=1S/C11H11N3O2/c1-5-4-12-10-7(5)8(11(15)16)13-9(14-10)6-2-3-6/h4,6H,2-3H2,1H3,(H,15,16)(H,12,13,14). The predicted molar refractivity (Wildman–Crippen MR) is 57.6 cm³/mol. The van der Waals surface area contributed by atoms with Gasteiger partial charge in [0.1, 0.15) is 11.5 Å². The summed E-state index contributed by atoms with van der Waals surface area (Å²) >= 11 is 0. The molecule has 3 rings (SSSR count). The van der Waals surface area contributed by atoms with E-state index in [1.54, 1.807) is 6.20 Å². The van der Waals surface area contributed by atoms with Crippen molar-refractivity contribution in [2.24, 2.45) is 0 Å². The largest absolute Gasteiger partial charge is 0.476 e. The minimum atomic E-state index is -0.989. The molecular weight excluding hydrogens is 206 g/mol. The van der Waals surface area contributed by atoms with Crippen LogP contribution in [0.2, 0.25) is 0 Å². The molecule has 82 valence electrons. The number of nitrogens with zero attached hydrogens (tertiary/aromatic N) is 2. The summed E-state index contributed by atoms with van der Waals surface area (Å²) in [5.74, 6) is 0.0230. The average molecular weight is 217 g/mol. The Labute approximate surface area is 91.5 Å². The Bertz CT molecular complexity index is 584. The van der Waals surface area contributed by atoms with Crippen molar-refractivity contribution in [3.8, 4) is 0 Å². The Hall–Kier alpha value is -1.91. The monoisotopic (exact) mass is 217 g/mol. The highest BCUT2D eigenvalue weighted by Crippen LogP contribution is 2.38. The molecule has 0 bridgehead atoms. The molecule has 0 spiro atoms. The van der Waals surface area contributed by atoms with Gasteiger partial charge >= 0.3 is 5.97 Å². The third-order valence-electron chi connectivity index (χ3n) is 2.89. The first kappa shape index (κ1) is 9.33. The molecule has 5 nitrogen and oxygen atoms in total. The maximum atomic E-state index is 11.2. The number of aromatic amines is 1. The molecule has 1 aliphatic rings. The van der Waals surface area contributed by atoms with Gasteiger partial charge in [-0.05, 0) is 25.3 Å². The summed E-state index contributed by atoms with van der Waals surface area (Å²) < 4.78 is 0. The highest BCUT2D eigenvalue weighted by atomic mass is 16.4. The van der Waals surface area contributed by atoms with Crippen LogP contribution in [0.3, 0.4) is 0 Å². The maximum Gasteiger partial charge on any atom is 0.355 e. The zero-order valence-corrected chi connectivity index (χ0v) is 8.82. The van der Waals surface area contributed by atoms with Crippen molar-refractivity contribution in [3.63, 3.8) is 0 Å². The molecule has 1 aliphatic carbocycles. The van der Waals surface area contributed by atoms with Gasteiger partial charge in [0.15, 0.2) is 5.69 Å². The summed E-state index contributed by atoms with van der Waals surface area (Å²) in [7, 11) is 0. The van der Waals surface area contributed by atoms with Gasteiger partial charge in [0.25, 0.3) is 0 Å². The number of aryl methyl sites for hydroxylation is 1. The van der Waals surface area contributed by atoms with Gasteiger partial charge in [0, 0.05) is 12.1 Å². The van der Waals surface area contributed by atoms with Gasteiger partial charge in [-0.3, -0.25) is 0 Å². The quantitative estimate of drug-likeness (QED) is 0.804. The van der Waals surface area contributed by atoms with Crippen LogP contribution in [0.4, 0.5) is 0 Å². The number of carboxylic acids is 1. The summed E-state index contributed by atoms with van der Waals surface area (Å²) in [5.41, 5.74) is 1.62. The molecule has 2 heterocycles. The van der Waals surface area contributed by atoms with Crippen LogP contribution in [-0.4, -0.2) is 26.0 Å². The second-order valence-corrected chi connectivity index (χ2v) is 4.21. The fourth-order valence-electron chi connectivity index (χ4n) is 1.88. The number of hydrogen-bond donors (Lipinski definition) is 2. The van der Waals surface area contributed by atoms with Crippen molar-refractivity contribution < 1.29 is 9.90 Å². The first-order chi connectivity index (χ1) is 7.66. The van der Waals surface area contributed by atoms with Gasteiger partial charge in [-0.1, -0.05) is 0 Å². The van der Waals surface area contributed by atoms with E-state index in [2.05, 4.69) is 15.0 Å². The van der Waals surface area contributed by atoms with E-state index in [1.807, 2.05) is 6.92 Å². The molecule has 5 heteroatoms. The lowest BCUT2D eigenvalue weighted by atomic mass is 10.2. The molecule has 1 saturated carbocycles. The third-order valence-corrected chi connectivity index (χ3v) is 2.89. The fourth-order valence-corrected chi connectivity index (χ4v) is 1.88. The number of aromatic carboxylic acids is 1. The molecule has 0 amide bonds. The van der Waals surface area contributed by atoms with Crippen LogP contribution < -0.4 is 0 Å². The number of hydrogen-bond acceptors (Lipinski definition) is 3. The highest BCUT2D eigenvalue weighted by Gasteiger charge is 2.29. The molecule has 0 radical (unpaired) electrons. The number of nitrogens with one attached hydrogen (secondary N) is 1. The Morgan fingerprint density at radius 1 is 1.50 bits per heavy atom. The van der Waals surface area contributed by atoms with E-state index in [0.717, 1.165) is 18.4 Å². The fraction of sp³-hybridized carbons (Fsp3) is 0.364. The molecule has 1 fully saturated rings. The van der Waals surface area contributed by atoms with E-state index in [1.165, 1.54) is 0 Å². The minimum Gasteiger partial charge on any atom is -0.476 e. The molecule has 0 saturated heterocycles. The molecule has 0 aliphatic heterocycles. The second-order valence-electron chi connectivity index (χ2n) is 4.21. The molecule has 16 heavy (non-hydrogen) atoms. The Balaban J connectivity index is 2.32. The number of fused-ring (bicyclic) bond motifs is 1. The summed E-state index contributed by atoms with van der Waals surface area (Å²) in [4.78, 5) is 22.7. The van der Waals surface area contributed by atoms with Gasteiger partial charge in [-0.2, -0.15) is 0 Å². The van der Waals surface area contributed by atoms with Gasteiger partial charge < -0.3 is 10.1 Å². The van der Waals surface area contributed by atoms with Crippen LogP contribution in [0, 0.1) is 6.92 Å². The Morgan fingerprint density at radius 2 is 2.25 bits per heavy atom. The van der Waals surface area contributed by atoms with Crippen molar-refractivity contribution in [2.45, 2.75) is 25.7 Å². The molecule has 0 unspecified atom stereocenters. The van der Waals surface area contributed by atoms with E-state index in [4.69, 9.17) is 5.11 Å². The normalized spacial score (nSPS) is 15.6. The smallest absolute Gasteiger partial charge is 0.355 e. The van der Waals surface area contributed by atoms with E-state index in [9.17, 15) is 4.79 Å². The minimum absolute atomic E-state index is 0.116. The van der Waals surface area contributed by atoms with E-state index >= 15 is 0 Å². The molecule has 2 aromatic heterocycles. The number of rotatable bonds is 2. The number of H-pyrrole nitrogens is 1. The van der Waals surface area contributed by atoms with Gasteiger partial charge in [0.05, 0.1) is 5.39 Å². The first-order valence-electron chi connectivity index (χ1n) is 5.25. The topological polar surface area (TPSA) is 78.9 Å². The summed E-state index contributed by atoms with van der Waals surface area (Å²) in [6.07, 6.45) is 3.89. The Morgan fingerprint density at radius 3 is 2.88 bits per heavy atom. The van der Waals surface area contributed by atoms with Gasteiger partial charge in [0.2, 0.25) is 0 Å². The number of aromatic nitrogens is 3. The first-order valence-corrected chi connectivity index (χ1v) is 5.25. The SMILES string of the molecule is Cc1c[nH]c2nc(C3CC3)nc(C(=O)O)c12. The van der Waals surface area contributed by atoms with Gasteiger partial charge in [-0.15, -0.1) is 0 Å². The van der Waals surface area contributed by atoms with Crippen molar-refractivity contribution in [1.29, 1.82) is 0 Å². The lowest BCUT2D eigenvalue weighted by molar-refractivity contribution is 0.0692. The van der Waals surface area contributed by atoms with E-state index in [-0.39, 0.29) is 5.69 Å². The van der Waals surface area contributed by atoms with Crippen LogP contribution in [0.5, 0.6) is 0 Å². The van der Waals surface area contributed by atoms with Crippen molar-refractivity contribution in [2.75, 3.05) is 0 Å². The lowest BCUT2D eigenvalue weighted by Crippen LogP contribution is -2.06. The molecule has 0 aromatic carbocycles. The maximum absolute atomic E-state index is 11.2. The highest BCUT2D eigenvalue weighted by molar-refractivity contribution is 6.01. The van der Waals surface area contributed by atoms with Crippen LogP contribution in [-0.2, 0) is 0 Å². The van der Waals surface area contributed by atoms with Crippen LogP contribution >= 0.6 is 0 Å². The number of carbonyl (C=O) groups is 1. The van der Waals surface area contributed by atoms with Crippen LogP contribution in [0.15, 0.2) is 6.20 Å². The summed E-state index contributed by atoms with van der Waals surface area (Å²) in [6.45, 7) is 1.85. The van der Waals surface area contributed by atoms with Crippen molar-refractivity contribution in [3.05, 3.63) is 23.3 Å². The van der Waals surface area contributed by atoms with Crippen molar-refractivity contribution >= 4 is 17.0 Å². The van der Waals surface area contributed by atoms with Crippen LogP contribution in [0.1, 0.15) is 40.6 Å². The zero-order chi connectivity index (χ0) is 11.3. The lowest BCUT2D eigenvalue weighted by Gasteiger charge is -2.01.